The van der Waals surface area contributed by atoms with Crippen molar-refractivity contribution in [1.29, 1.82) is 0 Å². The van der Waals surface area contributed by atoms with Crippen molar-refractivity contribution in [3.8, 4) is 34.5 Å². The third-order valence-corrected chi connectivity index (χ3v) is 25.6. The maximum Gasteiger partial charge on any atom is 0.232 e. The lowest BCUT2D eigenvalue weighted by Crippen LogP contribution is -2.80. The molecule has 4 bridgehead atoms. The third-order valence-electron chi connectivity index (χ3n) is 25.6. The van der Waals surface area contributed by atoms with E-state index in [1.54, 1.807) is 27.7 Å². The monoisotopic (exact) mass is 1580 g/mol. The van der Waals surface area contributed by atoms with Crippen molar-refractivity contribution in [1.82, 2.24) is 0 Å². The van der Waals surface area contributed by atoms with Gasteiger partial charge in [-0.1, -0.05) is 26.7 Å². The van der Waals surface area contributed by atoms with Crippen LogP contribution in [0.4, 0.5) is 0 Å². The van der Waals surface area contributed by atoms with Gasteiger partial charge in [-0.3, -0.25) is 24.0 Å². The minimum Gasteiger partial charge on any atom is -0.507 e. The van der Waals surface area contributed by atoms with Gasteiger partial charge in [-0.05, 0) is 85.3 Å². The number of fused-ring (bicyclic) bond motifs is 6. The van der Waals surface area contributed by atoms with Gasteiger partial charge >= 0.3 is 0 Å². The first-order chi connectivity index (χ1) is 52.8. The van der Waals surface area contributed by atoms with Crippen LogP contribution >= 0.6 is 0 Å². The number of allylic oxidation sites excluding steroid dienone is 2. The van der Waals surface area contributed by atoms with E-state index in [-0.39, 0.29) is 68.7 Å². The maximum atomic E-state index is 16.3. The van der Waals surface area contributed by atoms with Crippen molar-refractivity contribution in [3.05, 3.63) is 50.8 Å². The Morgan fingerprint density at radius 3 is 1.63 bits per heavy atom. The van der Waals surface area contributed by atoms with E-state index in [4.69, 9.17) is 66.3 Å². The lowest BCUT2D eigenvalue weighted by molar-refractivity contribution is -0.355. The van der Waals surface area contributed by atoms with Crippen molar-refractivity contribution >= 4 is 45.3 Å². The number of hydrogen-bond acceptors (Lipinski definition) is 35. The second-order valence-electron chi connectivity index (χ2n) is 31.9. The number of ether oxygens (including phenoxy) is 14. The molecule has 0 aromatic heterocycles. The fourth-order valence-corrected chi connectivity index (χ4v) is 19.9. The fraction of sp³-hybridized carbons (Fsp3) is 0.701. The summed E-state index contributed by atoms with van der Waals surface area (Å²) in [5, 5.41) is 194. The van der Waals surface area contributed by atoms with E-state index in [0.717, 1.165) is 28.3 Å². The number of benzene rings is 3. The smallest absolute Gasteiger partial charge is 0.232 e. The molecule has 11 aliphatic rings. The number of methoxy groups -OCH3 is 3. The van der Waals surface area contributed by atoms with Crippen molar-refractivity contribution in [2.24, 2.45) is 11.8 Å². The number of hydrogen-bond donors (Lipinski definition) is 16. The van der Waals surface area contributed by atoms with Gasteiger partial charge in [-0.15, -0.1) is 0 Å². The highest BCUT2D eigenvalue weighted by Crippen LogP contribution is 2.69. The number of phenolic OH excluding ortho intramolecular Hbond substituents is 4. The summed E-state index contributed by atoms with van der Waals surface area (Å²) in [4.78, 5) is 76.6. The molecule has 8 fully saturated rings. The van der Waals surface area contributed by atoms with Crippen LogP contribution < -0.4 is 9.47 Å². The first kappa shape index (κ1) is 82.2. The molecule has 16 N–H and O–H groups in total. The van der Waals surface area contributed by atoms with Crippen LogP contribution in [0, 0.1) is 11.8 Å². The van der Waals surface area contributed by atoms with Crippen molar-refractivity contribution < 1.29 is 172 Å². The number of Topliss-reactive ketones (excluding diaryl/α,β-unsaturated/α-hetero) is 5. The SMILES string of the molecule is CCCC1(O)C(O[C@H]2CCC(O)[C@@H](C)O2)C(O)C(O[C@H]2C[C@@H](O)[C@@H](O)[C@H](C)O2)C2Cc3cc4c(OC)c(OC)c(C5=C(OC)C(=O)c6c(O)c7c(c(O)c6C5=O)C(=O)C5(O)C6C7OC5(CCC)C(O[C@H]5CCC(OC7CC(O)C(O)(C(C)=O)C(C)O7)[C@@H](C)O5)C(O)C6O[C@H]5C[C@@H](O)[C@@H](O)[C@H](C)O5)c(O)c4c(O)c3C(=O)C21O. The summed E-state index contributed by atoms with van der Waals surface area (Å²) in [6.45, 7) is 11.8. The van der Waals surface area contributed by atoms with Gasteiger partial charge in [0.15, 0.2) is 71.3 Å². The summed E-state index contributed by atoms with van der Waals surface area (Å²) >= 11 is 0. The molecular formula is C77H100O35. The zero-order valence-electron chi connectivity index (χ0n) is 63.5. The Bertz CT molecular complexity index is 4240. The zero-order valence-corrected chi connectivity index (χ0v) is 63.5. The first-order valence-corrected chi connectivity index (χ1v) is 38.1. The minimum atomic E-state index is -3.16. The molecule has 112 heavy (non-hydrogen) atoms. The second-order valence-corrected chi connectivity index (χ2v) is 31.9. The number of ketones is 5. The van der Waals surface area contributed by atoms with Gasteiger partial charge in [-0.25, -0.2) is 0 Å². The minimum absolute atomic E-state index is 0.000626. The third kappa shape index (κ3) is 11.9. The zero-order chi connectivity index (χ0) is 81.3. The number of aliphatic hydroxyl groups is 12. The Labute approximate surface area is 641 Å². The van der Waals surface area contributed by atoms with Gasteiger partial charge in [0, 0.05) is 49.0 Å². The number of aromatic hydroxyl groups is 4. The van der Waals surface area contributed by atoms with Gasteiger partial charge in [0.25, 0.3) is 0 Å². The Hall–Kier alpha value is -6.31. The molecule has 35 nitrogen and oxygen atoms in total. The molecule has 618 valence electrons. The highest BCUT2D eigenvalue weighted by Gasteiger charge is 2.82. The van der Waals surface area contributed by atoms with E-state index in [9.17, 15) is 86.5 Å². The van der Waals surface area contributed by atoms with Gasteiger partial charge < -0.3 is 148 Å². The molecule has 0 amide bonds. The van der Waals surface area contributed by atoms with Crippen LogP contribution in [0.5, 0.6) is 34.5 Å². The van der Waals surface area contributed by atoms with E-state index in [1.807, 2.05) is 0 Å². The van der Waals surface area contributed by atoms with Crippen LogP contribution in [0.1, 0.15) is 190 Å². The normalized spacial score (nSPS) is 43.2. The Morgan fingerprint density at radius 1 is 0.527 bits per heavy atom. The molecule has 6 aliphatic heterocycles. The van der Waals surface area contributed by atoms with Crippen LogP contribution in [-0.4, -0.2) is 301 Å². The average molecular weight is 1590 g/mol. The Balaban J connectivity index is 0.864. The van der Waals surface area contributed by atoms with Crippen LogP contribution in [0.15, 0.2) is 11.8 Å². The topological polar surface area (TPSA) is 538 Å². The van der Waals surface area contributed by atoms with Crippen molar-refractivity contribution in [3.63, 3.8) is 0 Å². The van der Waals surface area contributed by atoms with Crippen LogP contribution in [-0.2, 0) is 68.1 Å². The van der Waals surface area contributed by atoms with Crippen molar-refractivity contribution in [2.75, 3.05) is 21.3 Å². The predicted molar refractivity (Wildman–Crippen MR) is 375 cm³/mol. The molecule has 6 saturated heterocycles. The highest BCUT2D eigenvalue weighted by molar-refractivity contribution is 6.43. The summed E-state index contributed by atoms with van der Waals surface area (Å²) in [5.74, 6) is -17.0. The molecule has 0 spiro atoms. The number of rotatable bonds is 19. The number of carbonyl (C=O) groups excluding carboxylic acids is 5. The van der Waals surface area contributed by atoms with Crippen LogP contribution in [0.25, 0.3) is 16.3 Å². The molecule has 3 aromatic carbocycles. The van der Waals surface area contributed by atoms with Crippen LogP contribution in [0.3, 0.4) is 0 Å². The van der Waals surface area contributed by atoms with Gasteiger partial charge in [0.1, 0.15) is 70.8 Å². The van der Waals surface area contributed by atoms with E-state index in [0.29, 0.717) is 0 Å². The number of aliphatic hydroxyl groups excluding tert-OH is 8. The van der Waals surface area contributed by atoms with Gasteiger partial charge in [-0.2, -0.15) is 0 Å². The summed E-state index contributed by atoms with van der Waals surface area (Å²) in [5.41, 5.74) is -20.3. The van der Waals surface area contributed by atoms with Crippen LogP contribution in [0.2, 0.25) is 0 Å². The van der Waals surface area contributed by atoms with Crippen molar-refractivity contribution in [2.45, 2.75) is 308 Å². The Kier molecular flexibility index (Phi) is 21.8. The fourth-order valence-electron chi connectivity index (χ4n) is 19.9. The second kappa shape index (κ2) is 29.7. The largest absolute Gasteiger partial charge is 0.507 e. The molecule has 14 rings (SSSR count). The molecule has 3 aromatic rings. The molecule has 5 aliphatic carbocycles. The summed E-state index contributed by atoms with van der Waals surface area (Å²) in [7, 11) is 3.08. The lowest BCUT2D eigenvalue weighted by atomic mass is 9.53. The molecule has 35 heteroatoms. The summed E-state index contributed by atoms with van der Waals surface area (Å²) in [6, 6.07) is 1.24. The predicted octanol–water partition coefficient (Wildman–Crippen LogP) is 0.502. The van der Waals surface area contributed by atoms with E-state index >= 15 is 19.2 Å². The molecule has 0 radical (unpaired) electrons. The Morgan fingerprint density at radius 2 is 1.07 bits per heavy atom. The summed E-state index contributed by atoms with van der Waals surface area (Å²) in [6.07, 6.45) is -36.5. The maximum absolute atomic E-state index is 16.3. The standard InChI is InChI=1S/C77H100O35/c1-12-18-73(95)71(110-39-16-14-34(79)25(3)102-39)61(91)64(108-41-22-35(80)53(83)27(5)104-41)33-21-31-20-32-45(55(85)44(31)69(93)76(33,73)97)56(86)49(67(101-11)63(32)99-9)48-57(87)46-47(60(90)66(48)100-10)58(88)50-51(59(46)89)70(94)77(98)52-65(50)112-74(77,19-13-2)72(62(92)68(52)109-42-23-36(81)54(84)28(6)105-42)111-40-17-15-37(26(4)103-40)107-43-24-38(82)75(96,29(7)78)30(8)106-43/h20,25-28,30,33-43,52-54,61-62,64-65,68,71-72,79-86,88-89,91-92,95-98H,12-19,21-24H2,1-11H3/t25-,26-,27+,28+,30?,33?,34?,35-,36-,37?,38?,39+,40+,41+,42+,43?,52?,53+,54+,61?,62?,64?,65?,68?,71?,72?,73?,74?,75?,76?,77?/m1/s1. The lowest BCUT2D eigenvalue weighted by Gasteiger charge is -2.60. The quantitative estimate of drug-likeness (QED) is 0.0727. The molecule has 2 saturated carbocycles. The summed E-state index contributed by atoms with van der Waals surface area (Å²) < 4.78 is 87.0. The molecule has 19 unspecified atom stereocenters. The van der Waals surface area contributed by atoms with E-state index in [1.165, 1.54) is 26.8 Å². The van der Waals surface area contributed by atoms with E-state index in [2.05, 4.69) is 0 Å². The first-order valence-electron chi connectivity index (χ1n) is 38.1. The van der Waals surface area contributed by atoms with Gasteiger partial charge in [0.05, 0.1) is 145 Å². The molecule has 31 atom stereocenters. The number of phenols is 4. The number of carbonyl (C=O) groups is 5. The highest BCUT2D eigenvalue weighted by atomic mass is 16.7. The molecular weight excluding hydrogens is 1480 g/mol. The van der Waals surface area contributed by atoms with Gasteiger partial charge in [0.2, 0.25) is 23.1 Å². The van der Waals surface area contributed by atoms with E-state index < -0.39 is 320 Å². The average Bonchev–Trinajstić information content (AvgIpc) is 1.46. The molecule has 6 heterocycles.